The lowest BCUT2D eigenvalue weighted by Crippen LogP contribution is -2.43. The highest BCUT2D eigenvalue weighted by Gasteiger charge is 2.24. The number of aromatic hydroxyl groups is 2. The molecule has 0 aliphatic carbocycles. The highest BCUT2D eigenvalue weighted by Crippen LogP contribution is 2.40. The Bertz CT molecular complexity index is 1960. The largest absolute Gasteiger partial charge is 0.504 e. The maximum Gasteiger partial charge on any atom is 0.339 e. The van der Waals surface area contributed by atoms with Gasteiger partial charge in [-0.2, -0.15) is 5.26 Å². The molecule has 0 radical (unpaired) electrons. The normalized spacial score (nSPS) is 10.9. The predicted octanol–water partition coefficient (Wildman–Crippen LogP) is 3.97. The number of carboxylic acids is 1. The van der Waals surface area contributed by atoms with Gasteiger partial charge in [0.1, 0.15) is 11.6 Å². The van der Waals surface area contributed by atoms with Crippen LogP contribution in [0, 0.1) is 11.3 Å². The smallest absolute Gasteiger partial charge is 0.339 e. The number of aromatic carboxylic acids is 1. The Hall–Kier alpha value is -7.08. The minimum Gasteiger partial charge on any atom is -0.504 e. The molecule has 49 heavy (non-hydrogen) atoms. The van der Waals surface area contributed by atoms with Crippen LogP contribution >= 0.6 is 0 Å². The van der Waals surface area contributed by atoms with E-state index in [-0.39, 0.29) is 46.1 Å². The van der Waals surface area contributed by atoms with E-state index in [0.29, 0.717) is 5.56 Å². The molecule has 0 saturated heterocycles. The number of methoxy groups -OCH3 is 2. The third kappa shape index (κ3) is 8.02. The zero-order valence-electron chi connectivity index (χ0n) is 25.9. The summed E-state index contributed by atoms with van der Waals surface area (Å²) in [6.45, 7) is 0. The van der Waals surface area contributed by atoms with Gasteiger partial charge in [0.15, 0.2) is 23.0 Å². The highest BCUT2D eigenvalue weighted by molar-refractivity contribution is 6.10. The van der Waals surface area contributed by atoms with E-state index in [9.17, 15) is 39.3 Å². The van der Waals surface area contributed by atoms with E-state index in [1.54, 1.807) is 30.3 Å². The number of nitriles is 1. The summed E-state index contributed by atoms with van der Waals surface area (Å²) in [4.78, 5) is 62.7. The second-order valence-electron chi connectivity index (χ2n) is 10.1. The Kier molecular flexibility index (Phi) is 11.0. The molecule has 1 atom stereocenters. The maximum absolute atomic E-state index is 13.0. The summed E-state index contributed by atoms with van der Waals surface area (Å²) in [6.07, 6.45) is -0.280. The van der Waals surface area contributed by atoms with Crippen LogP contribution < -0.4 is 30.7 Å². The Morgan fingerprint density at radius 2 is 1.22 bits per heavy atom. The Morgan fingerprint density at radius 3 is 1.78 bits per heavy atom. The van der Waals surface area contributed by atoms with Crippen molar-refractivity contribution in [1.29, 1.82) is 5.26 Å². The van der Waals surface area contributed by atoms with Crippen molar-refractivity contribution in [1.82, 2.24) is 5.32 Å². The Labute approximate surface area is 278 Å². The fraction of sp³-hybridized carbons (Fsp3) is 0.118. The fourth-order valence-electron chi connectivity index (χ4n) is 4.56. The minimum absolute atomic E-state index is 0.00784. The Balaban J connectivity index is 1.44. The van der Waals surface area contributed by atoms with Crippen molar-refractivity contribution in [3.05, 3.63) is 101 Å². The molecule has 4 aromatic carbocycles. The molecule has 4 aromatic rings. The van der Waals surface area contributed by atoms with Gasteiger partial charge in [-0.1, -0.05) is 18.2 Å². The van der Waals surface area contributed by atoms with Crippen LogP contribution in [0.3, 0.4) is 0 Å². The van der Waals surface area contributed by atoms with Gasteiger partial charge in [0.05, 0.1) is 43.6 Å². The van der Waals surface area contributed by atoms with Crippen molar-refractivity contribution >= 4 is 46.7 Å². The molecule has 0 fully saturated rings. The molecule has 0 aromatic heterocycles. The second kappa shape index (κ2) is 15.5. The number of nitrogens with one attached hydrogen (secondary N) is 4. The van der Waals surface area contributed by atoms with Crippen molar-refractivity contribution in [2.45, 2.75) is 12.5 Å². The highest BCUT2D eigenvalue weighted by atomic mass is 16.5. The van der Waals surface area contributed by atoms with Crippen molar-refractivity contribution in [3.63, 3.8) is 0 Å². The molecule has 1 unspecified atom stereocenters. The molecule has 0 heterocycles. The number of benzene rings is 4. The van der Waals surface area contributed by atoms with Gasteiger partial charge < -0.3 is 46.1 Å². The molecule has 250 valence electrons. The quantitative estimate of drug-likeness (QED) is 0.114. The van der Waals surface area contributed by atoms with Crippen LogP contribution in [0.2, 0.25) is 0 Å². The van der Waals surface area contributed by atoms with E-state index in [1.165, 1.54) is 56.7 Å². The number of phenolic OH excluding ortho intramolecular Hbond substituents is 1. The van der Waals surface area contributed by atoms with E-state index >= 15 is 0 Å². The number of nitrogens with zero attached hydrogens (tertiary/aromatic N) is 1. The number of anilines is 3. The van der Waals surface area contributed by atoms with Gasteiger partial charge in [0.25, 0.3) is 17.7 Å². The number of phenols is 2. The van der Waals surface area contributed by atoms with Gasteiger partial charge in [0, 0.05) is 16.8 Å². The first-order valence-corrected chi connectivity index (χ1v) is 14.3. The maximum atomic E-state index is 13.0. The summed E-state index contributed by atoms with van der Waals surface area (Å²) < 4.78 is 10.3. The van der Waals surface area contributed by atoms with E-state index in [1.807, 2.05) is 6.07 Å². The van der Waals surface area contributed by atoms with Crippen LogP contribution in [-0.2, 0) is 4.79 Å². The molecule has 0 spiro atoms. The van der Waals surface area contributed by atoms with Crippen LogP contribution in [0.1, 0.15) is 47.9 Å². The van der Waals surface area contributed by atoms with E-state index in [2.05, 4.69) is 21.3 Å². The third-order valence-electron chi connectivity index (χ3n) is 7.01. The lowest BCUT2D eigenvalue weighted by molar-refractivity contribution is -0.117. The minimum atomic E-state index is -1.41. The van der Waals surface area contributed by atoms with E-state index in [0.717, 1.165) is 6.07 Å². The van der Waals surface area contributed by atoms with Gasteiger partial charge >= 0.3 is 5.97 Å². The average molecular weight is 668 g/mol. The summed E-state index contributed by atoms with van der Waals surface area (Å²) >= 11 is 0. The number of carboxylic acid groups (broad SMARTS) is 1. The van der Waals surface area contributed by atoms with E-state index < -0.39 is 52.7 Å². The topological polar surface area (TPSA) is 236 Å². The van der Waals surface area contributed by atoms with Gasteiger partial charge in [-0.15, -0.1) is 0 Å². The predicted molar refractivity (Wildman–Crippen MR) is 175 cm³/mol. The molecule has 0 bridgehead atoms. The zero-order chi connectivity index (χ0) is 35.7. The van der Waals surface area contributed by atoms with Crippen molar-refractivity contribution < 1.29 is 48.8 Å². The number of carbonyl (C=O) groups is 5. The van der Waals surface area contributed by atoms with E-state index in [4.69, 9.17) is 14.7 Å². The first-order valence-electron chi connectivity index (χ1n) is 14.3. The summed E-state index contributed by atoms with van der Waals surface area (Å²) in [5.74, 6) is -5.99. The second-order valence-corrected chi connectivity index (χ2v) is 10.1. The number of carbonyl (C=O) groups excluding carboxylic acids is 4. The van der Waals surface area contributed by atoms with Crippen LogP contribution in [0.25, 0.3) is 0 Å². The number of hydrogen-bond donors (Lipinski definition) is 7. The molecule has 0 aliphatic rings. The summed E-state index contributed by atoms with van der Waals surface area (Å²) in [7, 11) is 2.37. The monoisotopic (exact) mass is 667 g/mol. The number of amides is 4. The Morgan fingerprint density at radius 1 is 0.694 bits per heavy atom. The number of hydrogen-bond acceptors (Lipinski definition) is 10. The fourth-order valence-corrected chi connectivity index (χ4v) is 4.56. The lowest BCUT2D eigenvalue weighted by atomic mass is 10.1. The van der Waals surface area contributed by atoms with Crippen molar-refractivity contribution in [2.75, 3.05) is 30.2 Å². The lowest BCUT2D eigenvalue weighted by Gasteiger charge is -2.17. The summed E-state index contributed by atoms with van der Waals surface area (Å²) in [6, 6.07) is 19.4. The van der Waals surface area contributed by atoms with Crippen LogP contribution in [0.4, 0.5) is 17.1 Å². The van der Waals surface area contributed by atoms with Crippen molar-refractivity contribution in [3.8, 4) is 29.1 Å². The molecule has 7 N–H and O–H groups in total. The molecular formula is C34H29N5O10. The SMILES string of the molecule is COc1c(NC(=O)c2ccc(NC(=O)c3ccc(NC(=O)C(CC#N)NC(=O)c4ccccc4)cc3)c(OC)c2O)ccc(C(=O)O)c1O. The molecule has 0 aliphatic heterocycles. The molecule has 0 saturated carbocycles. The zero-order valence-corrected chi connectivity index (χ0v) is 25.9. The summed E-state index contributed by atoms with van der Waals surface area (Å²) in [5.41, 5.74) is -0.0591. The van der Waals surface area contributed by atoms with Crippen LogP contribution in [-0.4, -0.2) is 65.2 Å². The van der Waals surface area contributed by atoms with Crippen molar-refractivity contribution in [2.24, 2.45) is 0 Å². The molecule has 15 heteroatoms. The van der Waals surface area contributed by atoms with Gasteiger partial charge in [-0.3, -0.25) is 19.2 Å². The number of ether oxygens (including phenoxy) is 2. The van der Waals surface area contributed by atoms with Gasteiger partial charge in [-0.25, -0.2) is 4.79 Å². The standard InChI is InChI=1S/C34H29N5O10/c1-48-28-23(14-12-21(26(28)40)32(44)38-24-15-13-22(34(46)47)27(41)29(24)49-2)37-31(43)19-8-10-20(11-9-19)36-33(45)25(16-17-35)39-30(42)18-6-4-3-5-7-18/h3-15,25,40-41H,16H2,1-2H3,(H,36,45)(H,37,43)(H,38,44)(H,39,42)(H,46,47). The summed E-state index contributed by atoms with van der Waals surface area (Å²) in [5, 5.41) is 49.6. The molecule has 15 nitrogen and oxygen atoms in total. The molecular weight excluding hydrogens is 638 g/mol. The van der Waals surface area contributed by atoms with Gasteiger partial charge in [0.2, 0.25) is 5.91 Å². The molecule has 4 rings (SSSR count). The van der Waals surface area contributed by atoms with Crippen LogP contribution in [0.15, 0.2) is 78.9 Å². The first kappa shape index (κ1) is 34.8. The molecule has 4 amide bonds. The van der Waals surface area contributed by atoms with Gasteiger partial charge in [-0.05, 0) is 60.7 Å². The number of rotatable bonds is 12. The third-order valence-corrected chi connectivity index (χ3v) is 7.01. The average Bonchev–Trinajstić information content (AvgIpc) is 3.08. The van der Waals surface area contributed by atoms with Crippen LogP contribution in [0.5, 0.6) is 23.0 Å². The first-order chi connectivity index (χ1) is 23.5.